The molecule has 0 aromatic carbocycles. The first-order chi connectivity index (χ1) is 20.7. The monoisotopic (exact) mass is 624 g/mol. The van der Waals surface area contributed by atoms with Crippen molar-refractivity contribution in [3.05, 3.63) is 59.4 Å². The molecule has 228 valence electrons. The van der Waals surface area contributed by atoms with Crippen LogP contribution in [0.5, 0.6) is 0 Å². The van der Waals surface area contributed by atoms with E-state index in [2.05, 4.69) is 25.6 Å². The number of thiazole rings is 1. The van der Waals surface area contributed by atoms with E-state index in [1.54, 1.807) is 25.3 Å². The molecule has 13 heteroatoms. The topological polar surface area (TPSA) is 151 Å². The first kappa shape index (κ1) is 30.9. The van der Waals surface area contributed by atoms with E-state index < -0.39 is 39.7 Å². The summed E-state index contributed by atoms with van der Waals surface area (Å²) in [7, 11) is -3.95. The first-order valence-electron chi connectivity index (χ1n) is 14.7. The number of nitrogens with zero attached hydrogens (tertiary/aromatic N) is 4. The maximum atomic E-state index is 13.7. The Kier molecular flexibility index (Phi) is 9.93. The van der Waals surface area contributed by atoms with Gasteiger partial charge in [-0.15, -0.1) is 11.3 Å². The fraction of sp³-hybridized carbons (Fsp3) is 0.467. The van der Waals surface area contributed by atoms with Gasteiger partial charge in [-0.05, 0) is 56.4 Å². The lowest BCUT2D eigenvalue weighted by molar-refractivity contribution is -0.129. The van der Waals surface area contributed by atoms with Crippen molar-refractivity contribution in [2.45, 2.75) is 75.4 Å². The third kappa shape index (κ3) is 7.51. The lowest BCUT2D eigenvalue weighted by atomic mass is 9.84. The van der Waals surface area contributed by atoms with Crippen LogP contribution in [0.1, 0.15) is 66.7 Å². The maximum absolute atomic E-state index is 13.7. The van der Waals surface area contributed by atoms with E-state index in [9.17, 15) is 22.8 Å². The van der Waals surface area contributed by atoms with Gasteiger partial charge in [0.25, 0.3) is 15.9 Å². The number of pyridine rings is 2. The maximum Gasteiger partial charge on any atom is 0.263 e. The molecule has 1 aliphatic carbocycles. The number of aryl methyl sites for hydroxylation is 1. The van der Waals surface area contributed by atoms with Gasteiger partial charge in [0.2, 0.25) is 5.91 Å². The molecule has 2 N–H and O–H groups in total. The van der Waals surface area contributed by atoms with Gasteiger partial charge in [0.05, 0.1) is 24.0 Å². The second kappa shape index (κ2) is 13.8. The minimum absolute atomic E-state index is 0.120. The average Bonchev–Trinajstić information content (AvgIpc) is 3.32. The average molecular weight is 625 g/mol. The van der Waals surface area contributed by atoms with Crippen molar-refractivity contribution in [2.75, 3.05) is 13.1 Å². The molecule has 3 aromatic rings. The molecule has 1 unspecified atom stereocenters. The summed E-state index contributed by atoms with van der Waals surface area (Å²) < 4.78 is 27.3. The predicted molar refractivity (Wildman–Crippen MR) is 162 cm³/mol. The summed E-state index contributed by atoms with van der Waals surface area (Å²) in [6.07, 6.45) is 9.47. The summed E-state index contributed by atoms with van der Waals surface area (Å²) in [4.78, 5) is 53.6. The van der Waals surface area contributed by atoms with Crippen LogP contribution in [-0.4, -0.2) is 70.4 Å². The van der Waals surface area contributed by atoms with Crippen molar-refractivity contribution >= 4 is 39.0 Å². The summed E-state index contributed by atoms with van der Waals surface area (Å²) in [6.45, 7) is 1.53. The Labute approximate surface area is 255 Å². The van der Waals surface area contributed by atoms with Gasteiger partial charge in [0.1, 0.15) is 15.9 Å². The van der Waals surface area contributed by atoms with Crippen LogP contribution in [-0.2, 0) is 19.6 Å². The zero-order chi connectivity index (χ0) is 30.4. The number of rotatable bonds is 9. The van der Waals surface area contributed by atoms with E-state index in [4.69, 9.17) is 0 Å². The highest BCUT2D eigenvalue weighted by atomic mass is 32.2. The van der Waals surface area contributed by atoms with Crippen molar-refractivity contribution in [3.63, 3.8) is 0 Å². The van der Waals surface area contributed by atoms with Crippen molar-refractivity contribution in [3.8, 4) is 10.7 Å². The number of nitrogens with one attached hydrogen (secondary N) is 2. The predicted octanol–water partition coefficient (Wildman–Crippen LogP) is 3.52. The molecule has 2 fully saturated rings. The van der Waals surface area contributed by atoms with Crippen LogP contribution in [0.2, 0.25) is 0 Å². The number of aromatic nitrogens is 3. The Morgan fingerprint density at radius 2 is 1.77 bits per heavy atom. The molecule has 1 saturated carbocycles. The van der Waals surface area contributed by atoms with E-state index in [-0.39, 0.29) is 24.0 Å². The molecule has 3 aromatic heterocycles. The number of ketones is 1. The SMILES string of the molecule is Cc1nc(-c2ccccn2)sc1C(=O)NC(CC1CCCCC1)C(=O)N[C@H]1CCCN(S(=O)(=O)c2ccccn2)CC1=O. The van der Waals surface area contributed by atoms with Crippen LogP contribution >= 0.6 is 11.3 Å². The van der Waals surface area contributed by atoms with E-state index >= 15 is 0 Å². The van der Waals surface area contributed by atoms with Crippen LogP contribution in [0.15, 0.2) is 53.8 Å². The van der Waals surface area contributed by atoms with Gasteiger partial charge >= 0.3 is 0 Å². The van der Waals surface area contributed by atoms with Crippen LogP contribution in [0.4, 0.5) is 0 Å². The second-order valence-electron chi connectivity index (χ2n) is 11.1. The standard InChI is InChI=1S/C30H36N6O5S2/c1-20-27(42-30(33-20)23-12-5-7-15-31-23)29(39)35-24(18-21-10-3-2-4-11-21)28(38)34-22-13-9-17-36(19-25(22)37)43(40,41)26-14-6-8-16-32-26/h5-8,12,14-16,21-22,24H,2-4,9-11,13,17-19H2,1H3,(H,34,38)(H,35,39)/t22-,24?/m0/s1. The molecule has 2 atom stereocenters. The fourth-order valence-electron chi connectivity index (χ4n) is 5.68. The second-order valence-corrected chi connectivity index (χ2v) is 14.0. The first-order valence-corrected chi connectivity index (χ1v) is 16.9. The van der Waals surface area contributed by atoms with E-state index in [1.807, 2.05) is 18.2 Å². The molecular formula is C30H36N6O5S2. The quantitative estimate of drug-likeness (QED) is 0.367. The molecule has 0 bridgehead atoms. The highest BCUT2D eigenvalue weighted by Crippen LogP contribution is 2.29. The highest BCUT2D eigenvalue weighted by Gasteiger charge is 2.35. The number of carbonyl (C=O) groups is 3. The third-order valence-electron chi connectivity index (χ3n) is 7.98. The van der Waals surface area contributed by atoms with Gasteiger partial charge in [-0.1, -0.05) is 44.2 Å². The smallest absolute Gasteiger partial charge is 0.263 e. The number of carbonyl (C=O) groups excluding carboxylic acids is 3. The Morgan fingerprint density at radius 1 is 1.02 bits per heavy atom. The third-order valence-corrected chi connectivity index (χ3v) is 10.9. The Hall–Kier alpha value is -3.55. The van der Waals surface area contributed by atoms with E-state index in [0.29, 0.717) is 40.5 Å². The van der Waals surface area contributed by atoms with E-state index in [0.717, 1.165) is 36.4 Å². The van der Waals surface area contributed by atoms with Crippen molar-refractivity contribution < 1.29 is 22.8 Å². The number of amides is 2. The minimum atomic E-state index is -3.95. The normalized spacial score (nSPS) is 19.4. The Bertz CT molecular complexity index is 1540. The van der Waals surface area contributed by atoms with Gasteiger partial charge in [0, 0.05) is 18.9 Å². The van der Waals surface area contributed by atoms with Gasteiger partial charge < -0.3 is 10.6 Å². The summed E-state index contributed by atoms with van der Waals surface area (Å²) in [6, 6.07) is 8.38. The minimum Gasteiger partial charge on any atom is -0.344 e. The summed E-state index contributed by atoms with van der Waals surface area (Å²) in [5.41, 5.74) is 1.21. The zero-order valence-electron chi connectivity index (χ0n) is 24.1. The van der Waals surface area contributed by atoms with Gasteiger partial charge in [-0.3, -0.25) is 19.4 Å². The van der Waals surface area contributed by atoms with E-state index in [1.165, 1.54) is 23.6 Å². The van der Waals surface area contributed by atoms with Crippen molar-refractivity contribution in [1.29, 1.82) is 0 Å². The van der Waals surface area contributed by atoms with Crippen molar-refractivity contribution in [2.24, 2.45) is 5.92 Å². The number of sulfonamides is 1. The molecule has 43 heavy (non-hydrogen) atoms. The van der Waals surface area contributed by atoms with Gasteiger partial charge in [-0.2, -0.15) is 4.31 Å². The lowest BCUT2D eigenvalue weighted by Gasteiger charge is -2.27. The molecule has 4 heterocycles. The highest BCUT2D eigenvalue weighted by molar-refractivity contribution is 7.89. The number of hydrogen-bond donors (Lipinski definition) is 2. The molecule has 1 saturated heterocycles. The molecular weight excluding hydrogens is 589 g/mol. The molecule has 5 rings (SSSR count). The molecule has 1 aliphatic heterocycles. The van der Waals surface area contributed by atoms with Crippen LogP contribution in [0, 0.1) is 12.8 Å². The molecule has 0 radical (unpaired) electrons. The number of Topliss-reactive ketones (excluding diaryl/α,β-unsaturated/α-hetero) is 1. The fourth-order valence-corrected chi connectivity index (χ4v) is 8.00. The molecule has 2 aliphatic rings. The lowest BCUT2D eigenvalue weighted by Crippen LogP contribution is -2.53. The Morgan fingerprint density at radius 3 is 2.47 bits per heavy atom. The van der Waals surface area contributed by atoms with Gasteiger partial charge in [0.15, 0.2) is 10.8 Å². The van der Waals surface area contributed by atoms with Crippen LogP contribution in [0.25, 0.3) is 10.7 Å². The van der Waals surface area contributed by atoms with Crippen LogP contribution < -0.4 is 10.6 Å². The summed E-state index contributed by atoms with van der Waals surface area (Å²) in [5.74, 6) is -0.954. The molecule has 0 spiro atoms. The van der Waals surface area contributed by atoms with Crippen molar-refractivity contribution in [1.82, 2.24) is 29.9 Å². The largest absolute Gasteiger partial charge is 0.344 e. The zero-order valence-corrected chi connectivity index (χ0v) is 25.7. The summed E-state index contributed by atoms with van der Waals surface area (Å²) >= 11 is 1.22. The molecule has 11 nitrogen and oxygen atoms in total. The Balaban J connectivity index is 1.29. The van der Waals surface area contributed by atoms with Crippen LogP contribution in [0.3, 0.4) is 0 Å². The summed E-state index contributed by atoms with van der Waals surface area (Å²) in [5, 5.41) is 6.28. The number of hydrogen-bond acceptors (Lipinski definition) is 9. The molecule has 2 amide bonds. The van der Waals surface area contributed by atoms with Gasteiger partial charge in [-0.25, -0.2) is 18.4 Å².